The van der Waals surface area contributed by atoms with Gasteiger partial charge >= 0.3 is 5.97 Å². The summed E-state index contributed by atoms with van der Waals surface area (Å²) >= 11 is 1.47. The number of thioether (sulfide) groups is 1. The smallest absolute Gasteiger partial charge is 0.356 e. The molecule has 3 rings (SSSR count). The molecule has 2 heterocycles. The van der Waals surface area contributed by atoms with Gasteiger partial charge in [0.05, 0.1) is 16.9 Å². The Morgan fingerprint density at radius 1 is 1.36 bits per heavy atom. The zero-order valence-corrected chi connectivity index (χ0v) is 13.9. The van der Waals surface area contributed by atoms with Crippen molar-refractivity contribution < 1.29 is 9.90 Å². The van der Waals surface area contributed by atoms with Crippen LogP contribution in [0.1, 0.15) is 42.4 Å². The SMILES string of the molecule is CSc1ncc2c(n1)-c1c(c(C(=O)O)nn1C(C)(C)C)CC2. The lowest BCUT2D eigenvalue weighted by molar-refractivity contribution is 0.0687. The highest BCUT2D eigenvalue weighted by molar-refractivity contribution is 7.98. The van der Waals surface area contributed by atoms with E-state index < -0.39 is 5.97 Å². The van der Waals surface area contributed by atoms with E-state index in [0.717, 1.165) is 28.9 Å². The van der Waals surface area contributed by atoms with Gasteiger partial charge in [-0.25, -0.2) is 14.8 Å². The molecule has 7 heteroatoms. The maximum atomic E-state index is 11.5. The normalized spacial score (nSPS) is 13.6. The fourth-order valence-corrected chi connectivity index (χ4v) is 3.06. The molecule has 0 radical (unpaired) electrons. The van der Waals surface area contributed by atoms with Crippen LogP contribution in [-0.4, -0.2) is 37.1 Å². The number of aromatic carboxylic acids is 1. The quantitative estimate of drug-likeness (QED) is 0.677. The number of rotatable bonds is 2. The minimum Gasteiger partial charge on any atom is -0.476 e. The van der Waals surface area contributed by atoms with Gasteiger partial charge < -0.3 is 5.11 Å². The molecule has 0 fully saturated rings. The number of nitrogens with zero attached hydrogens (tertiary/aromatic N) is 4. The van der Waals surface area contributed by atoms with Crippen LogP contribution < -0.4 is 0 Å². The number of aromatic nitrogens is 4. The third kappa shape index (κ3) is 2.29. The Bertz CT molecular complexity index is 762. The second-order valence-corrected chi connectivity index (χ2v) is 7.07. The molecule has 1 aliphatic carbocycles. The van der Waals surface area contributed by atoms with Crippen molar-refractivity contribution in [2.75, 3.05) is 6.26 Å². The third-order valence-electron chi connectivity index (χ3n) is 3.72. The number of carbonyl (C=O) groups is 1. The summed E-state index contributed by atoms with van der Waals surface area (Å²) in [5.41, 5.74) is 3.28. The number of hydrogen-bond acceptors (Lipinski definition) is 5. The summed E-state index contributed by atoms with van der Waals surface area (Å²) in [6, 6.07) is 0. The lowest BCUT2D eigenvalue weighted by atomic mass is 9.92. The van der Waals surface area contributed by atoms with Crippen molar-refractivity contribution in [1.82, 2.24) is 19.7 Å². The van der Waals surface area contributed by atoms with Crippen LogP contribution in [0.2, 0.25) is 0 Å². The fourth-order valence-electron chi connectivity index (χ4n) is 2.72. The lowest BCUT2D eigenvalue weighted by Crippen LogP contribution is -2.25. The molecular formula is C15H18N4O2S. The molecule has 2 aromatic rings. The van der Waals surface area contributed by atoms with Crippen LogP contribution in [0.25, 0.3) is 11.4 Å². The number of hydrogen-bond donors (Lipinski definition) is 1. The van der Waals surface area contributed by atoms with E-state index in [1.54, 1.807) is 4.68 Å². The highest BCUT2D eigenvalue weighted by atomic mass is 32.2. The summed E-state index contributed by atoms with van der Waals surface area (Å²) in [5.74, 6) is -0.984. The van der Waals surface area contributed by atoms with Gasteiger partial charge in [0.25, 0.3) is 0 Å². The van der Waals surface area contributed by atoms with Gasteiger partial charge in [-0.15, -0.1) is 0 Å². The highest BCUT2D eigenvalue weighted by Crippen LogP contribution is 2.37. The van der Waals surface area contributed by atoms with Crippen molar-refractivity contribution >= 4 is 17.7 Å². The molecule has 0 amide bonds. The lowest BCUT2D eigenvalue weighted by Gasteiger charge is -2.25. The van der Waals surface area contributed by atoms with Crippen LogP contribution >= 0.6 is 11.8 Å². The number of fused-ring (bicyclic) bond motifs is 3. The molecule has 116 valence electrons. The van der Waals surface area contributed by atoms with Crippen molar-refractivity contribution in [3.8, 4) is 11.4 Å². The average Bonchev–Trinajstić information content (AvgIpc) is 2.86. The first-order valence-electron chi connectivity index (χ1n) is 7.09. The van der Waals surface area contributed by atoms with E-state index in [9.17, 15) is 9.90 Å². The van der Waals surface area contributed by atoms with Crippen LogP contribution in [0.3, 0.4) is 0 Å². The molecule has 0 aromatic carbocycles. The largest absolute Gasteiger partial charge is 0.476 e. The van der Waals surface area contributed by atoms with Gasteiger partial charge in [0.15, 0.2) is 10.9 Å². The van der Waals surface area contributed by atoms with Gasteiger partial charge in [-0.1, -0.05) is 11.8 Å². The van der Waals surface area contributed by atoms with Crippen molar-refractivity contribution in [1.29, 1.82) is 0 Å². The Kier molecular flexibility index (Phi) is 3.47. The summed E-state index contributed by atoms with van der Waals surface area (Å²) in [5, 5.41) is 14.5. The summed E-state index contributed by atoms with van der Waals surface area (Å²) in [6.07, 6.45) is 5.17. The van der Waals surface area contributed by atoms with Crippen LogP contribution in [0.5, 0.6) is 0 Å². The predicted molar refractivity (Wildman–Crippen MR) is 84.4 cm³/mol. The fraction of sp³-hybridized carbons (Fsp3) is 0.467. The molecular weight excluding hydrogens is 300 g/mol. The van der Waals surface area contributed by atoms with Gasteiger partial charge in [0, 0.05) is 11.8 Å². The zero-order chi connectivity index (χ0) is 16.1. The van der Waals surface area contributed by atoms with Crippen LogP contribution in [0.15, 0.2) is 11.4 Å². The minimum absolute atomic E-state index is 0.139. The molecule has 0 bridgehead atoms. The maximum absolute atomic E-state index is 11.5. The van der Waals surface area contributed by atoms with E-state index >= 15 is 0 Å². The van der Waals surface area contributed by atoms with Gasteiger partial charge in [0.1, 0.15) is 0 Å². The summed E-state index contributed by atoms with van der Waals surface area (Å²) < 4.78 is 1.79. The minimum atomic E-state index is -0.984. The molecule has 0 saturated heterocycles. The van der Waals surface area contributed by atoms with E-state index in [1.807, 2.05) is 33.2 Å². The standard InChI is InChI=1S/C15H18N4O2S/c1-15(2,3)19-12-9(11(18-19)13(20)21)6-5-8-7-16-14(22-4)17-10(8)12/h7H,5-6H2,1-4H3,(H,20,21). The second kappa shape index (κ2) is 5.08. The van der Waals surface area contributed by atoms with Crippen molar-refractivity contribution in [3.63, 3.8) is 0 Å². The first-order valence-corrected chi connectivity index (χ1v) is 8.31. The zero-order valence-electron chi connectivity index (χ0n) is 13.0. The predicted octanol–water partition coefficient (Wildman–Crippen LogP) is 2.61. The first-order chi connectivity index (χ1) is 10.3. The van der Waals surface area contributed by atoms with E-state index in [-0.39, 0.29) is 11.2 Å². The molecule has 22 heavy (non-hydrogen) atoms. The molecule has 0 saturated carbocycles. The second-order valence-electron chi connectivity index (χ2n) is 6.29. The van der Waals surface area contributed by atoms with Crippen LogP contribution in [0.4, 0.5) is 0 Å². The van der Waals surface area contributed by atoms with E-state index in [0.29, 0.717) is 11.6 Å². The van der Waals surface area contributed by atoms with Crippen LogP contribution in [-0.2, 0) is 18.4 Å². The Morgan fingerprint density at radius 2 is 2.09 bits per heavy atom. The summed E-state index contributed by atoms with van der Waals surface area (Å²) in [4.78, 5) is 20.5. The maximum Gasteiger partial charge on any atom is 0.356 e. The van der Waals surface area contributed by atoms with Gasteiger partial charge in [-0.3, -0.25) is 4.68 Å². The molecule has 6 nitrogen and oxygen atoms in total. The number of aryl methyl sites for hydroxylation is 1. The number of carboxylic acids is 1. The number of carboxylic acid groups (broad SMARTS) is 1. The van der Waals surface area contributed by atoms with Gasteiger partial charge in [-0.05, 0) is 45.4 Å². The molecule has 0 aliphatic heterocycles. The van der Waals surface area contributed by atoms with Crippen molar-refractivity contribution in [2.45, 2.75) is 44.3 Å². The summed E-state index contributed by atoms with van der Waals surface area (Å²) in [6.45, 7) is 6.03. The Labute approximate surface area is 133 Å². The third-order valence-corrected chi connectivity index (χ3v) is 4.28. The van der Waals surface area contributed by atoms with Crippen molar-refractivity contribution in [3.05, 3.63) is 23.0 Å². The molecule has 1 N–H and O–H groups in total. The highest BCUT2D eigenvalue weighted by Gasteiger charge is 2.33. The van der Waals surface area contributed by atoms with Gasteiger partial charge in [-0.2, -0.15) is 5.10 Å². The molecule has 1 aliphatic rings. The van der Waals surface area contributed by atoms with Crippen LogP contribution in [0, 0.1) is 0 Å². The summed E-state index contributed by atoms with van der Waals surface area (Å²) in [7, 11) is 0. The van der Waals surface area contributed by atoms with E-state index in [4.69, 9.17) is 0 Å². The molecule has 0 atom stereocenters. The van der Waals surface area contributed by atoms with E-state index in [1.165, 1.54) is 11.8 Å². The Balaban J connectivity index is 2.33. The molecule has 2 aromatic heterocycles. The topological polar surface area (TPSA) is 80.9 Å². The Morgan fingerprint density at radius 3 is 2.68 bits per heavy atom. The molecule has 0 unspecified atom stereocenters. The molecule has 0 spiro atoms. The monoisotopic (exact) mass is 318 g/mol. The average molecular weight is 318 g/mol. The van der Waals surface area contributed by atoms with E-state index in [2.05, 4.69) is 15.1 Å². The van der Waals surface area contributed by atoms with Gasteiger partial charge in [0.2, 0.25) is 0 Å². The first kappa shape index (κ1) is 15.0. The Hall–Kier alpha value is -1.89. The van der Waals surface area contributed by atoms with Crippen molar-refractivity contribution in [2.24, 2.45) is 0 Å².